The molecule has 0 aromatic heterocycles. The number of benzene rings is 1. The summed E-state index contributed by atoms with van der Waals surface area (Å²) in [5.74, 6) is -1.45. The van der Waals surface area contributed by atoms with Gasteiger partial charge in [-0.3, -0.25) is 4.90 Å². The molecule has 1 aliphatic heterocycles. The SMILES string of the molecule is CCCC1CN(Cc2cccc(F)c2F)C(CCC)CN1. The highest BCUT2D eigenvalue weighted by atomic mass is 19.2. The zero-order valence-electron chi connectivity index (χ0n) is 13.0. The normalized spacial score (nSPS) is 23.4. The lowest BCUT2D eigenvalue weighted by atomic mass is 10.0. The van der Waals surface area contributed by atoms with Crippen LogP contribution in [0, 0.1) is 11.6 Å². The highest BCUT2D eigenvalue weighted by Gasteiger charge is 2.27. The minimum Gasteiger partial charge on any atom is -0.311 e. The van der Waals surface area contributed by atoms with Gasteiger partial charge in [-0.2, -0.15) is 0 Å². The molecular weight excluding hydrogens is 270 g/mol. The van der Waals surface area contributed by atoms with Crippen LogP contribution in [0.1, 0.15) is 45.1 Å². The molecule has 0 amide bonds. The molecule has 4 heteroatoms. The van der Waals surface area contributed by atoms with E-state index in [1.165, 1.54) is 6.07 Å². The van der Waals surface area contributed by atoms with E-state index in [1.807, 2.05) is 0 Å². The van der Waals surface area contributed by atoms with Gasteiger partial charge in [-0.15, -0.1) is 0 Å². The summed E-state index contributed by atoms with van der Waals surface area (Å²) >= 11 is 0. The number of nitrogens with zero attached hydrogens (tertiary/aromatic N) is 1. The molecule has 0 saturated carbocycles. The molecule has 1 aromatic carbocycles. The molecule has 0 spiro atoms. The Balaban J connectivity index is 2.09. The zero-order valence-corrected chi connectivity index (χ0v) is 13.0. The van der Waals surface area contributed by atoms with Gasteiger partial charge in [0.15, 0.2) is 11.6 Å². The van der Waals surface area contributed by atoms with Crippen molar-refractivity contribution in [2.45, 2.75) is 58.2 Å². The fourth-order valence-electron chi connectivity index (χ4n) is 3.17. The fraction of sp³-hybridized carbons (Fsp3) is 0.647. The molecule has 0 bridgehead atoms. The number of hydrogen-bond acceptors (Lipinski definition) is 2. The van der Waals surface area contributed by atoms with Crippen LogP contribution < -0.4 is 5.32 Å². The minimum absolute atomic E-state index is 0.408. The highest BCUT2D eigenvalue weighted by Crippen LogP contribution is 2.20. The third-order valence-electron chi connectivity index (χ3n) is 4.28. The highest BCUT2D eigenvalue weighted by molar-refractivity contribution is 5.19. The van der Waals surface area contributed by atoms with Crippen molar-refractivity contribution in [3.63, 3.8) is 0 Å². The Morgan fingerprint density at radius 3 is 2.67 bits per heavy atom. The molecule has 0 radical (unpaired) electrons. The maximum Gasteiger partial charge on any atom is 0.163 e. The van der Waals surface area contributed by atoms with Crippen molar-refractivity contribution < 1.29 is 8.78 Å². The Bertz CT molecular complexity index is 450. The summed E-state index contributed by atoms with van der Waals surface area (Å²) in [7, 11) is 0. The Kier molecular flexibility index (Phi) is 6.12. The van der Waals surface area contributed by atoms with Crippen LogP contribution in [0.2, 0.25) is 0 Å². The van der Waals surface area contributed by atoms with Crippen LogP contribution in [-0.2, 0) is 6.54 Å². The van der Waals surface area contributed by atoms with E-state index >= 15 is 0 Å². The molecule has 1 aliphatic rings. The second-order valence-corrected chi connectivity index (χ2v) is 5.98. The van der Waals surface area contributed by atoms with E-state index in [1.54, 1.807) is 12.1 Å². The van der Waals surface area contributed by atoms with Crippen molar-refractivity contribution in [2.75, 3.05) is 13.1 Å². The van der Waals surface area contributed by atoms with Crippen LogP contribution in [0.4, 0.5) is 8.78 Å². The van der Waals surface area contributed by atoms with Crippen LogP contribution >= 0.6 is 0 Å². The first kappa shape index (κ1) is 16.4. The zero-order chi connectivity index (χ0) is 15.2. The summed E-state index contributed by atoms with van der Waals surface area (Å²) in [6.45, 7) is 6.69. The number of piperazine rings is 1. The molecule has 2 rings (SSSR count). The first-order chi connectivity index (χ1) is 10.2. The van der Waals surface area contributed by atoms with Crippen molar-refractivity contribution in [3.8, 4) is 0 Å². The first-order valence-electron chi connectivity index (χ1n) is 8.06. The van der Waals surface area contributed by atoms with Gasteiger partial charge in [-0.05, 0) is 18.9 Å². The van der Waals surface area contributed by atoms with Crippen molar-refractivity contribution in [2.24, 2.45) is 0 Å². The average molecular weight is 296 g/mol. The van der Waals surface area contributed by atoms with Crippen molar-refractivity contribution in [1.29, 1.82) is 0 Å². The molecular formula is C17H26F2N2. The van der Waals surface area contributed by atoms with Crippen molar-refractivity contribution >= 4 is 0 Å². The Morgan fingerprint density at radius 2 is 1.95 bits per heavy atom. The number of halogens is 2. The molecule has 118 valence electrons. The third-order valence-corrected chi connectivity index (χ3v) is 4.28. The van der Waals surface area contributed by atoms with Crippen molar-refractivity contribution in [3.05, 3.63) is 35.4 Å². The van der Waals surface area contributed by atoms with Gasteiger partial charge in [-0.25, -0.2) is 8.78 Å². The summed E-state index contributed by atoms with van der Waals surface area (Å²) in [5, 5.41) is 3.59. The number of nitrogens with one attached hydrogen (secondary N) is 1. The summed E-state index contributed by atoms with van der Waals surface area (Å²) in [5.41, 5.74) is 0.466. The Hall–Kier alpha value is -1.00. The molecule has 0 aliphatic carbocycles. The second-order valence-electron chi connectivity index (χ2n) is 5.98. The van der Waals surface area contributed by atoms with Gasteiger partial charge in [0, 0.05) is 37.3 Å². The third kappa shape index (κ3) is 4.24. The molecule has 21 heavy (non-hydrogen) atoms. The lowest BCUT2D eigenvalue weighted by molar-refractivity contribution is 0.110. The maximum absolute atomic E-state index is 13.9. The Morgan fingerprint density at radius 1 is 1.19 bits per heavy atom. The van der Waals surface area contributed by atoms with E-state index in [-0.39, 0.29) is 0 Å². The van der Waals surface area contributed by atoms with Gasteiger partial charge in [0.05, 0.1) is 0 Å². The summed E-state index contributed by atoms with van der Waals surface area (Å²) < 4.78 is 27.3. The topological polar surface area (TPSA) is 15.3 Å². The second kappa shape index (κ2) is 7.85. The van der Waals surface area contributed by atoms with Gasteiger partial charge in [0.2, 0.25) is 0 Å². The fourth-order valence-corrected chi connectivity index (χ4v) is 3.17. The molecule has 1 saturated heterocycles. The summed E-state index contributed by atoms with van der Waals surface area (Å²) in [6.07, 6.45) is 4.45. The van der Waals surface area contributed by atoms with Gasteiger partial charge in [-0.1, -0.05) is 38.8 Å². The van der Waals surface area contributed by atoms with Crippen LogP contribution in [0.15, 0.2) is 18.2 Å². The molecule has 1 fully saturated rings. The number of rotatable bonds is 6. The molecule has 1 N–H and O–H groups in total. The van der Waals surface area contributed by atoms with E-state index in [2.05, 4.69) is 24.1 Å². The molecule has 1 aromatic rings. The van der Waals surface area contributed by atoms with Gasteiger partial charge < -0.3 is 5.32 Å². The predicted molar refractivity (Wildman–Crippen MR) is 82.2 cm³/mol. The monoisotopic (exact) mass is 296 g/mol. The van der Waals surface area contributed by atoms with E-state index < -0.39 is 11.6 Å². The molecule has 2 atom stereocenters. The van der Waals surface area contributed by atoms with E-state index in [0.29, 0.717) is 24.2 Å². The average Bonchev–Trinajstić information content (AvgIpc) is 2.47. The molecule has 2 nitrogen and oxygen atoms in total. The van der Waals surface area contributed by atoms with E-state index in [4.69, 9.17) is 0 Å². The van der Waals surface area contributed by atoms with Crippen LogP contribution in [-0.4, -0.2) is 30.1 Å². The quantitative estimate of drug-likeness (QED) is 0.861. The minimum atomic E-state index is -0.750. The first-order valence-corrected chi connectivity index (χ1v) is 8.06. The lowest BCUT2D eigenvalue weighted by Gasteiger charge is -2.40. The summed E-state index contributed by atoms with van der Waals surface area (Å²) in [4.78, 5) is 2.32. The lowest BCUT2D eigenvalue weighted by Crippen LogP contribution is -2.55. The standard InChI is InChI=1S/C17H26F2N2/c1-3-6-14-12-21(15(7-4-2)10-20-14)11-13-8-5-9-16(18)17(13)19/h5,8-9,14-15,20H,3-4,6-7,10-12H2,1-2H3. The van der Waals surface area contributed by atoms with Gasteiger partial charge in [0.1, 0.15) is 0 Å². The molecule has 1 heterocycles. The van der Waals surface area contributed by atoms with Crippen LogP contribution in [0.25, 0.3) is 0 Å². The van der Waals surface area contributed by atoms with Crippen LogP contribution in [0.5, 0.6) is 0 Å². The van der Waals surface area contributed by atoms with E-state index in [9.17, 15) is 8.78 Å². The Labute approximate surface area is 126 Å². The smallest absolute Gasteiger partial charge is 0.163 e. The van der Waals surface area contributed by atoms with Crippen molar-refractivity contribution in [1.82, 2.24) is 10.2 Å². The molecule has 2 unspecified atom stereocenters. The number of hydrogen-bond donors (Lipinski definition) is 1. The maximum atomic E-state index is 13.9. The van der Waals surface area contributed by atoms with E-state index in [0.717, 1.165) is 38.8 Å². The van der Waals surface area contributed by atoms with Crippen LogP contribution in [0.3, 0.4) is 0 Å². The van der Waals surface area contributed by atoms with Gasteiger partial charge in [0.25, 0.3) is 0 Å². The van der Waals surface area contributed by atoms with Gasteiger partial charge >= 0.3 is 0 Å². The largest absolute Gasteiger partial charge is 0.311 e. The predicted octanol–water partition coefficient (Wildman–Crippen LogP) is 3.71. The summed E-state index contributed by atoms with van der Waals surface area (Å²) in [6, 6.07) is 5.33.